The first kappa shape index (κ1) is 18.7. The molecule has 0 amide bonds. The molecular formula is C22H34O3. The van der Waals surface area contributed by atoms with Crippen molar-refractivity contribution in [2.24, 2.45) is 17.8 Å². The summed E-state index contributed by atoms with van der Waals surface area (Å²) in [6.45, 7) is 12.7. The van der Waals surface area contributed by atoms with Gasteiger partial charge in [0.15, 0.2) is 0 Å². The van der Waals surface area contributed by atoms with E-state index in [9.17, 15) is 4.79 Å². The van der Waals surface area contributed by atoms with Gasteiger partial charge in [0, 0.05) is 12.8 Å². The maximum Gasteiger partial charge on any atom is 0.302 e. The van der Waals surface area contributed by atoms with Crippen LogP contribution in [0.15, 0.2) is 22.8 Å². The van der Waals surface area contributed by atoms with Crippen LogP contribution in [0.25, 0.3) is 0 Å². The molecule has 0 bridgehead atoms. The number of ether oxygens (including phenoxy) is 2. The molecule has 3 rings (SSSR count). The van der Waals surface area contributed by atoms with Gasteiger partial charge in [0.1, 0.15) is 6.10 Å². The van der Waals surface area contributed by atoms with E-state index in [1.165, 1.54) is 16.7 Å². The fraction of sp³-hybridized carbons (Fsp3) is 0.773. The number of carbonyl (C=O) groups is 1. The minimum atomic E-state index is -0.146. The molecule has 1 heterocycles. The van der Waals surface area contributed by atoms with Crippen molar-refractivity contribution in [2.45, 2.75) is 91.5 Å². The number of hydrogen-bond acceptors (Lipinski definition) is 3. The van der Waals surface area contributed by atoms with E-state index in [4.69, 9.17) is 9.47 Å². The second-order valence-corrected chi connectivity index (χ2v) is 8.98. The summed E-state index contributed by atoms with van der Waals surface area (Å²) in [5.74, 6) is 1.11. The number of epoxide rings is 1. The summed E-state index contributed by atoms with van der Waals surface area (Å²) < 4.78 is 11.7. The van der Waals surface area contributed by atoms with Crippen LogP contribution in [-0.4, -0.2) is 23.8 Å². The third-order valence-corrected chi connectivity index (χ3v) is 6.74. The van der Waals surface area contributed by atoms with Crippen LogP contribution in [0.3, 0.4) is 0 Å². The summed E-state index contributed by atoms with van der Waals surface area (Å²) in [6, 6.07) is 0. The number of carbonyl (C=O) groups excluding carboxylic acids is 1. The molecule has 2 aliphatic carbocycles. The molecule has 3 heteroatoms. The summed E-state index contributed by atoms with van der Waals surface area (Å²) in [4.78, 5) is 11.9. The van der Waals surface area contributed by atoms with Crippen molar-refractivity contribution >= 4 is 5.97 Å². The van der Waals surface area contributed by atoms with Crippen molar-refractivity contribution in [1.29, 1.82) is 0 Å². The van der Waals surface area contributed by atoms with E-state index in [0.717, 1.165) is 32.1 Å². The van der Waals surface area contributed by atoms with Gasteiger partial charge in [0.25, 0.3) is 0 Å². The molecule has 0 saturated carbocycles. The first-order chi connectivity index (χ1) is 11.7. The zero-order valence-corrected chi connectivity index (χ0v) is 16.7. The zero-order chi connectivity index (χ0) is 18.4. The van der Waals surface area contributed by atoms with Gasteiger partial charge in [-0.3, -0.25) is 4.79 Å². The molecule has 5 atom stereocenters. The number of hydrogen-bond donors (Lipinski definition) is 0. The lowest BCUT2D eigenvalue weighted by atomic mass is 9.76. The van der Waals surface area contributed by atoms with Gasteiger partial charge in [-0.1, -0.05) is 29.7 Å². The Morgan fingerprint density at radius 1 is 1.40 bits per heavy atom. The highest BCUT2D eigenvalue weighted by molar-refractivity contribution is 5.66. The molecule has 0 N–H and O–H groups in total. The molecule has 3 aliphatic rings. The third kappa shape index (κ3) is 3.86. The van der Waals surface area contributed by atoms with Crippen LogP contribution in [0.1, 0.15) is 73.6 Å². The summed E-state index contributed by atoms with van der Waals surface area (Å²) in [6.07, 6.45) is 8.25. The molecular weight excluding hydrogens is 312 g/mol. The van der Waals surface area contributed by atoms with Gasteiger partial charge in [0.05, 0.1) is 11.7 Å². The van der Waals surface area contributed by atoms with Crippen molar-refractivity contribution < 1.29 is 14.3 Å². The second-order valence-electron chi connectivity index (χ2n) is 8.98. The smallest absolute Gasteiger partial charge is 0.302 e. The summed E-state index contributed by atoms with van der Waals surface area (Å²) in [5.41, 5.74) is 4.46. The van der Waals surface area contributed by atoms with Crippen LogP contribution in [0.2, 0.25) is 0 Å². The third-order valence-electron chi connectivity index (χ3n) is 6.74. The van der Waals surface area contributed by atoms with Crippen LogP contribution >= 0.6 is 0 Å². The molecule has 25 heavy (non-hydrogen) atoms. The van der Waals surface area contributed by atoms with E-state index in [1.807, 2.05) is 0 Å². The molecule has 1 fully saturated rings. The predicted molar refractivity (Wildman–Crippen MR) is 100 cm³/mol. The van der Waals surface area contributed by atoms with Crippen LogP contribution in [0.4, 0.5) is 0 Å². The maximum absolute atomic E-state index is 11.9. The Kier molecular flexibility index (Phi) is 5.16. The van der Waals surface area contributed by atoms with Crippen molar-refractivity contribution in [1.82, 2.24) is 0 Å². The Morgan fingerprint density at radius 2 is 2.08 bits per heavy atom. The minimum absolute atomic E-state index is 0.00756. The maximum atomic E-state index is 11.9. The van der Waals surface area contributed by atoms with Crippen molar-refractivity contribution in [3.63, 3.8) is 0 Å². The monoisotopic (exact) mass is 346 g/mol. The van der Waals surface area contributed by atoms with E-state index >= 15 is 0 Å². The van der Waals surface area contributed by atoms with Gasteiger partial charge in [-0.25, -0.2) is 0 Å². The summed E-state index contributed by atoms with van der Waals surface area (Å²) in [5, 5.41) is 0. The highest BCUT2D eigenvalue weighted by atomic mass is 16.6. The zero-order valence-electron chi connectivity index (χ0n) is 16.7. The van der Waals surface area contributed by atoms with Gasteiger partial charge in [-0.2, -0.15) is 0 Å². The lowest BCUT2D eigenvalue weighted by molar-refractivity contribution is -0.152. The molecule has 0 radical (unpaired) electrons. The summed E-state index contributed by atoms with van der Waals surface area (Å²) >= 11 is 0. The van der Waals surface area contributed by atoms with Crippen LogP contribution < -0.4 is 0 Å². The Hall–Kier alpha value is -1.09. The molecule has 0 aromatic carbocycles. The molecule has 1 saturated heterocycles. The topological polar surface area (TPSA) is 38.8 Å². The number of fused-ring (bicyclic) bond motifs is 1. The Morgan fingerprint density at radius 3 is 2.68 bits per heavy atom. The van der Waals surface area contributed by atoms with E-state index < -0.39 is 0 Å². The molecule has 1 aliphatic heterocycles. The Balaban J connectivity index is 1.76. The number of esters is 1. The number of rotatable bonds is 5. The van der Waals surface area contributed by atoms with E-state index in [2.05, 4.69) is 40.7 Å². The average Bonchev–Trinajstić information content (AvgIpc) is 2.99. The second kappa shape index (κ2) is 6.90. The predicted octanol–water partition coefficient (Wildman–Crippen LogP) is 5.20. The van der Waals surface area contributed by atoms with E-state index in [0.29, 0.717) is 23.9 Å². The Labute approximate surface area is 152 Å². The SMILES string of the molecule is CC(=O)O[C@H]1[C@@H]2C(C)=CCC2=C(C)CC[C@H]1[C@H](C)CC[C@H]1OC1(C)C. The van der Waals surface area contributed by atoms with E-state index in [-0.39, 0.29) is 17.7 Å². The largest absolute Gasteiger partial charge is 0.461 e. The standard InChI is InChI=1S/C22H34O3/c1-13-7-11-18(14(2)9-12-19-22(5,6)25-19)21(24-16(4)23)20-15(3)8-10-17(13)20/h8,14,18-21H,7,9-12H2,1-6H3/t14-,18+,19-,20-,21-/m1/s1. The highest BCUT2D eigenvalue weighted by Crippen LogP contribution is 2.47. The van der Waals surface area contributed by atoms with Gasteiger partial charge in [0.2, 0.25) is 0 Å². The van der Waals surface area contributed by atoms with Crippen LogP contribution in [-0.2, 0) is 14.3 Å². The first-order valence-corrected chi connectivity index (χ1v) is 9.91. The average molecular weight is 347 g/mol. The van der Waals surface area contributed by atoms with Gasteiger partial charge in [-0.15, -0.1) is 0 Å². The summed E-state index contributed by atoms with van der Waals surface area (Å²) in [7, 11) is 0. The van der Waals surface area contributed by atoms with Crippen molar-refractivity contribution in [3.05, 3.63) is 22.8 Å². The van der Waals surface area contributed by atoms with Crippen LogP contribution in [0.5, 0.6) is 0 Å². The Bertz CT molecular complexity index is 598. The van der Waals surface area contributed by atoms with Gasteiger partial charge < -0.3 is 9.47 Å². The number of allylic oxidation sites excluding steroid dienone is 2. The van der Waals surface area contributed by atoms with Crippen LogP contribution in [0, 0.1) is 17.8 Å². The molecule has 0 aromatic rings. The molecule has 0 aromatic heterocycles. The van der Waals surface area contributed by atoms with Gasteiger partial charge in [-0.05, 0) is 71.6 Å². The van der Waals surface area contributed by atoms with Crippen molar-refractivity contribution in [2.75, 3.05) is 0 Å². The molecule has 3 nitrogen and oxygen atoms in total. The van der Waals surface area contributed by atoms with Crippen molar-refractivity contribution in [3.8, 4) is 0 Å². The fourth-order valence-corrected chi connectivity index (χ4v) is 4.97. The van der Waals surface area contributed by atoms with E-state index in [1.54, 1.807) is 6.92 Å². The highest BCUT2D eigenvalue weighted by Gasteiger charge is 2.48. The molecule has 0 unspecified atom stereocenters. The lowest BCUT2D eigenvalue weighted by Crippen LogP contribution is -2.36. The fourth-order valence-electron chi connectivity index (χ4n) is 4.97. The first-order valence-electron chi connectivity index (χ1n) is 9.91. The lowest BCUT2D eigenvalue weighted by Gasteiger charge is -2.35. The molecule has 140 valence electrons. The molecule has 0 spiro atoms. The van der Waals surface area contributed by atoms with Gasteiger partial charge >= 0.3 is 5.97 Å². The minimum Gasteiger partial charge on any atom is -0.461 e. The quantitative estimate of drug-likeness (QED) is 0.390. The normalized spacial score (nSPS) is 34.9.